The van der Waals surface area contributed by atoms with Crippen molar-refractivity contribution in [1.82, 2.24) is 20.0 Å². The van der Waals surface area contributed by atoms with Crippen molar-refractivity contribution in [3.63, 3.8) is 0 Å². The number of hydrogen-bond donors (Lipinski definition) is 0. The minimum atomic E-state index is -0.0706. The van der Waals surface area contributed by atoms with Crippen molar-refractivity contribution < 1.29 is 4.74 Å². The Morgan fingerprint density at radius 2 is 1.45 bits per heavy atom. The highest BCUT2D eigenvalue weighted by Crippen LogP contribution is 2.32. The van der Waals surface area contributed by atoms with Gasteiger partial charge in [-0.15, -0.1) is 0 Å². The van der Waals surface area contributed by atoms with Crippen molar-refractivity contribution in [3.05, 3.63) is 102 Å². The van der Waals surface area contributed by atoms with Crippen molar-refractivity contribution in [2.75, 3.05) is 0 Å². The molecule has 0 fully saturated rings. The Balaban J connectivity index is 1.45. The number of aromatic nitrogens is 4. The predicted octanol–water partition coefficient (Wildman–Crippen LogP) is 4.88. The Morgan fingerprint density at radius 1 is 0.828 bits per heavy atom. The van der Waals surface area contributed by atoms with Gasteiger partial charge in [-0.25, -0.2) is 0 Å². The first-order valence-corrected chi connectivity index (χ1v) is 9.64. The van der Waals surface area contributed by atoms with Crippen LogP contribution >= 0.6 is 0 Å². The second-order valence-corrected chi connectivity index (χ2v) is 7.63. The van der Waals surface area contributed by atoms with Crippen LogP contribution < -0.4 is 4.74 Å². The van der Waals surface area contributed by atoms with E-state index in [-0.39, 0.29) is 5.41 Å². The van der Waals surface area contributed by atoms with Crippen LogP contribution in [0, 0.1) is 6.92 Å². The summed E-state index contributed by atoms with van der Waals surface area (Å²) >= 11 is 0. The van der Waals surface area contributed by atoms with E-state index in [1.807, 2.05) is 24.3 Å². The molecular formula is C24H24N4O. The molecular weight excluding hydrogens is 360 g/mol. The zero-order valence-corrected chi connectivity index (χ0v) is 16.9. The normalized spacial score (nSPS) is 11.4. The van der Waals surface area contributed by atoms with Gasteiger partial charge in [-0.2, -0.15) is 15.0 Å². The van der Waals surface area contributed by atoms with E-state index in [9.17, 15) is 0 Å². The second kappa shape index (κ2) is 7.87. The standard InChI is InChI=1S/C24H24N4O/c1-18-4-6-19(7-5-18)24(2,3)20-8-10-23(11-9-20)29-17-21-16-22(12-13-25-21)28-26-14-15-27-28/h4-16H,17H2,1-3H3. The van der Waals surface area contributed by atoms with E-state index in [0.29, 0.717) is 6.61 Å². The summed E-state index contributed by atoms with van der Waals surface area (Å²) < 4.78 is 5.94. The van der Waals surface area contributed by atoms with Gasteiger partial charge in [0.05, 0.1) is 23.8 Å². The maximum absolute atomic E-state index is 5.94. The maximum atomic E-state index is 5.94. The van der Waals surface area contributed by atoms with Crippen molar-refractivity contribution in [2.45, 2.75) is 32.8 Å². The molecule has 0 aliphatic rings. The lowest BCUT2D eigenvalue weighted by Gasteiger charge is -2.26. The summed E-state index contributed by atoms with van der Waals surface area (Å²) in [5, 5.41) is 8.29. The molecule has 2 aromatic heterocycles. The average Bonchev–Trinajstić information content (AvgIpc) is 3.28. The fraction of sp³-hybridized carbons (Fsp3) is 0.208. The second-order valence-electron chi connectivity index (χ2n) is 7.63. The van der Waals surface area contributed by atoms with Crippen LogP contribution in [0.2, 0.25) is 0 Å². The molecule has 0 saturated heterocycles. The van der Waals surface area contributed by atoms with E-state index < -0.39 is 0 Å². The molecule has 0 spiro atoms. The molecule has 0 aliphatic heterocycles. The van der Waals surface area contributed by atoms with Crippen LogP contribution in [0.15, 0.2) is 79.3 Å². The van der Waals surface area contributed by atoms with E-state index in [4.69, 9.17) is 4.74 Å². The van der Waals surface area contributed by atoms with Crippen LogP contribution in [0.3, 0.4) is 0 Å². The molecule has 0 atom stereocenters. The molecule has 0 aliphatic carbocycles. The molecule has 0 N–H and O–H groups in total. The van der Waals surface area contributed by atoms with E-state index in [2.05, 4.69) is 72.4 Å². The number of rotatable bonds is 6. The fourth-order valence-electron chi connectivity index (χ4n) is 3.28. The first-order valence-electron chi connectivity index (χ1n) is 9.64. The first-order chi connectivity index (χ1) is 14.0. The number of ether oxygens (including phenoxy) is 1. The van der Waals surface area contributed by atoms with Crippen molar-refractivity contribution >= 4 is 0 Å². The van der Waals surface area contributed by atoms with Gasteiger partial charge in [-0.05, 0) is 42.3 Å². The Bertz CT molecular complexity index is 1070. The third kappa shape index (κ3) is 4.19. The molecule has 4 aromatic rings. The zero-order chi connectivity index (χ0) is 20.3. The third-order valence-electron chi connectivity index (χ3n) is 5.19. The highest BCUT2D eigenvalue weighted by atomic mass is 16.5. The van der Waals surface area contributed by atoms with Gasteiger partial charge in [0.2, 0.25) is 0 Å². The van der Waals surface area contributed by atoms with Crippen molar-refractivity contribution in [3.8, 4) is 11.4 Å². The van der Waals surface area contributed by atoms with Crippen LogP contribution in [0.1, 0.15) is 36.2 Å². The molecule has 0 amide bonds. The van der Waals surface area contributed by atoms with Gasteiger partial charge in [0.1, 0.15) is 12.4 Å². The lowest BCUT2D eigenvalue weighted by atomic mass is 9.78. The van der Waals surface area contributed by atoms with Crippen LogP contribution in [-0.4, -0.2) is 20.0 Å². The molecule has 4 rings (SSSR count). The molecule has 0 bridgehead atoms. The Labute approximate surface area is 171 Å². The molecule has 5 nitrogen and oxygen atoms in total. The number of aryl methyl sites for hydroxylation is 1. The van der Waals surface area contributed by atoms with Gasteiger partial charge in [0.25, 0.3) is 0 Å². The van der Waals surface area contributed by atoms with Crippen LogP contribution in [-0.2, 0) is 12.0 Å². The predicted molar refractivity (Wildman–Crippen MR) is 113 cm³/mol. The van der Waals surface area contributed by atoms with E-state index >= 15 is 0 Å². The summed E-state index contributed by atoms with van der Waals surface area (Å²) in [6, 6.07) is 20.8. The summed E-state index contributed by atoms with van der Waals surface area (Å²) in [6.45, 7) is 6.98. The number of pyridine rings is 1. The summed E-state index contributed by atoms with van der Waals surface area (Å²) in [5.74, 6) is 0.817. The molecule has 2 heterocycles. The minimum Gasteiger partial charge on any atom is -0.487 e. The Hall–Kier alpha value is -3.47. The average molecular weight is 384 g/mol. The topological polar surface area (TPSA) is 52.8 Å². The monoisotopic (exact) mass is 384 g/mol. The molecule has 0 saturated carbocycles. The number of benzene rings is 2. The lowest BCUT2D eigenvalue weighted by molar-refractivity contribution is 0.301. The summed E-state index contributed by atoms with van der Waals surface area (Å²) in [6.07, 6.45) is 5.04. The first kappa shape index (κ1) is 18.9. The maximum Gasteiger partial charge on any atom is 0.130 e. The minimum absolute atomic E-state index is 0.0706. The van der Waals surface area contributed by atoms with Gasteiger partial charge < -0.3 is 4.74 Å². The summed E-state index contributed by atoms with van der Waals surface area (Å²) in [4.78, 5) is 5.94. The van der Waals surface area contributed by atoms with E-state index in [0.717, 1.165) is 17.1 Å². The van der Waals surface area contributed by atoms with Crippen molar-refractivity contribution in [1.29, 1.82) is 0 Å². The zero-order valence-electron chi connectivity index (χ0n) is 16.9. The van der Waals surface area contributed by atoms with Crippen molar-refractivity contribution in [2.24, 2.45) is 0 Å². The lowest BCUT2D eigenvalue weighted by Crippen LogP contribution is -2.18. The quantitative estimate of drug-likeness (QED) is 0.476. The van der Waals surface area contributed by atoms with Crippen LogP contribution in [0.4, 0.5) is 0 Å². The number of hydrogen-bond acceptors (Lipinski definition) is 4. The number of nitrogens with zero attached hydrogens (tertiary/aromatic N) is 4. The largest absolute Gasteiger partial charge is 0.487 e. The fourth-order valence-corrected chi connectivity index (χ4v) is 3.28. The smallest absolute Gasteiger partial charge is 0.130 e. The Kier molecular flexibility index (Phi) is 5.12. The van der Waals surface area contributed by atoms with Gasteiger partial charge >= 0.3 is 0 Å². The summed E-state index contributed by atoms with van der Waals surface area (Å²) in [7, 11) is 0. The molecule has 5 heteroatoms. The van der Waals surface area contributed by atoms with Gasteiger partial charge in [-0.1, -0.05) is 55.8 Å². The van der Waals surface area contributed by atoms with E-state index in [1.165, 1.54) is 16.7 Å². The molecule has 29 heavy (non-hydrogen) atoms. The highest BCUT2D eigenvalue weighted by Gasteiger charge is 2.22. The highest BCUT2D eigenvalue weighted by molar-refractivity contribution is 5.40. The third-order valence-corrected chi connectivity index (χ3v) is 5.19. The molecule has 0 unspecified atom stereocenters. The molecule has 2 aromatic carbocycles. The Morgan fingerprint density at radius 3 is 2.10 bits per heavy atom. The van der Waals surface area contributed by atoms with Gasteiger partial charge in [0, 0.05) is 11.6 Å². The van der Waals surface area contributed by atoms with Gasteiger partial charge in [-0.3, -0.25) is 4.98 Å². The van der Waals surface area contributed by atoms with Gasteiger partial charge in [0.15, 0.2) is 0 Å². The summed E-state index contributed by atoms with van der Waals surface area (Å²) in [5.41, 5.74) is 5.43. The van der Waals surface area contributed by atoms with Crippen LogP contribution in [0.25, 0.3) is 5.69 Å². The van der Waals surface area contributed by atoms with Crippen LogP contribution in [0.5, 0.6) is 5.75 Å². The SMILES string of the molecule is Cc1ccc(C(C)(C)c2ccc(OCc3cc(-n4nccn4)ccn3)cc2)cc1. The molecule has 146 valence electrons. The molecule has 0 radical (unpaired) electrons. The van der Waals surface area contributed by atoms with E-state index in [1.54, 1.807) is 23.4 Å².